The van der Waals surface area contributed by atoms with Gasteiger partial charge in [0.2, 0.25) is 0 Å². The van der Waals surface area contributed by atoms with Gasteiger partial charge in [-0.1, -0.05) is 128 Å². The number of nitrogens with zero attached hydrogens (tertiary/aromatic N) is 1. The van der Waals surface area contributed by atoms with Gasteiger partial charge in [-0.2, -0.15) is 0 Å². The summed E-state index contributed by atoms with van der Waals surface area (Å²) in [5.74, 6) is 0. The van der Waals surface area contributed by atoms with E-state index in [9.17, 15) is 0 Å². The van der Waals surface area contributed by atoms with E-state index in [0.29, 0.717) is 0 Å². The molecule has 0 saturated carbocycles. The zero-order chi connectivity index (χ0) is 30.8. The summed E-state index contributed by atoms with van der Waals surface area (Å²) in [5.41, 5.74) is 14.6. The molecule has 46 heavy (non-hydrogen) atoms. The summed E-state index contributed by atoms with van der Waals surface area (Å²) in [6.07, 6.45) is 6.50. The van der Waals surface area contributed by atoms with Crippen LogP contribution in [0.1, 0.15) is 29.2 Å². The Morgan fingerprint density at radius 1 is 0.609 bits per heavy atom. The van der Waals surface area contributed by atoms with Crippen molar-refractivity contribution in [2.75, 3.05) is 4.90 Å². The number of furan rings is 1. The predicted molar refractivity (Wildman–Crippen MR) is 192 cm³/mol. The van der Waals surface area contributed by atoms with E-state index in [4.69, 9.17) is 4.42 Å². The Bertz CT molecular complexity index is 2360. The number of para-hydroxylation sites is 3. The number of hydrogen-bond acceptors (Lipinski definition) is 2. The molecule has 1 spiro atoms. The lowest BCUT2D eigenvalue weighted by molar-refractivity contribution is 0.669. The predicted octanol–water partition coefficient (Wildman–Crippen LogP) is 11.9. The van der Waals surface area contributed by atoms with E-state index < -0.39 is 5.41 Å². The number of fused-ring (bicyclic) bond motifs is 10. The maximum Gasteiger partial charge on any atom is 0.159 e. The van der Waals surface area contributed by atoms with E-state index in [0.717, 1.165) is 44.6 Å². The SMILES string of the molecule is C=CC1=C(/C=C\C)C2(c3ccc(N(c4ccccc4)c4cccc5c4oc4ccccc45)cc31)c1ccccc1-c1ccccc12. The molecule has 2 aliphatic rings. The molecule has 1 aromatic heterocycles. The van der Waals surface area contributed by atoms with Gasteiger partial charge in [-0.05, 0) is 87.8 Å². The van der Waals surface area contributed by atoms with Crippen LogP contribution in [0.25, 0.3) is 38.6 Å². The minimum absolute atomic E-state index is 0.423. The van der Waals surface area contributed by atoms with Gasteiger partial charge < -0.3 is 9.32 Å². The molecule has 0 radical (unpaired) electrons. The molecule has 0 aliphatic heterocycles. The zero-order valence-electron chi connectivity index (χ0n) is 25.6. The van der Waals surface area contributed by atoms with Crippen LogP contribution in [-0.2, 0) is 5.41 Å². The van der Waals surface area contributed by atoms with Crippen molar-refractivity contribution < 1.29 is 4.42 Å². The first-order chi connectivity index (χ1) is 22.8. The average Bonchev–Trinajstić information content (AvgIpc) is 3.73. The molecular formula is C44H31NO. The van der Waals surface area contributed by atoms with Crippen molar-refractivity contribution in [3.63, 3.8) is 0 Å². The second kappa shape index (κ2) is 10.1. The summed E-state index contributed by atoms with van der Waals surface area (Å²) in [5, 5.41) is 2.23. The first kappa shape index (κ1) is 26.5. The van der Waals surface area contributed by atoms with Gasteiger partial charge in [0, 0.05) is 22.1 Å². The van der Waals surface area contributed by atoms with Crippen molar-refractivity contribution in [1.82, 2.24) is 0 Å². The molecule has 6 aromatic carbocycles. The van der Waals surface area contributed by atoms with Crippen molar-refractivity contribution in [1.29, 1.82) is 0 Å². The molecule has 2 heteroatoms. The second-order valence-corrected chi connectivity index (χ2v) is 12.0. The zero-order valence-corrected chi connectivity index (χ0v) is 25.6. The molecule has 218 valence electrons. The minimum Gasteiger partial charge on any atom is -0.454 e. The third-order valence-corrected chi connectivity index (χ3v) is 9.78. The lowest BCUT2D eigenvalue weighted by Gasteiger charge is -2.32. The highest BCUT2D eigenvalue weighted by Gasteiger charge is 2.51. The summed E-state index contributed by atoms with van der Waals surface area (Å²) in [6, 6.07) is 50.0. The van der Waals surface area contributed by atoms with Crippen LogP contribution in [-0.4, -0.2) is 0 Å². The molecule has 0 bridgehead atoms. The Kier molecular flexibility index (Phi) is 5.82. The quantitative estimate of drug-likeness (QED) is 0.199. The van der Waals surface area contributed by atoms with Crippen molar-refractivity contribution in [2.24, 2.45) is 0 Å². The average molecular weight is 590 g/mol. The van der Waals surface area contributed by atoms with Gasteiger partial charge in [0.15, 0.2) is 5.58 Å². The van der Waals surface area contributed by atoms with Gasteiger partial charge in [0.05, 0.1) is 11.1 Å². The summed E-state index contributed by atoms with van der Waals surface area (Å²) in [7, 11) is 0. The number of rotatable bonds is 5. The van der Waals surface area contributed by atoms with Crippen molar-refractivity contribution >= 4 is 44.6 Å². The Morgan fingerprint density at radius 3 is 2.00 bits per heavy atom. The third-order valence-electron chi connectivity index (χ3n) is 9.78. The summed E-state index contributed by atoms with van der Waals surface area (Å²) in [4.78, 5) is 2.32. The fourth-order valence-corrected chi connectivity index (χ4v) is 8.04. The van der Waals surface area contributed by atoms with Crippen molar-refractivity contribution in [3.8, 4) is 11.1 Å². The number of benzene rings is 6. The largest absolute Gasteiger partial charge is 0.454 e. The molecule has 0 fully saturated rings. The first-order valence-corrected chi connectivity index (χ1v) is 15.9. The normalized spacial score (nSPS) is 14.3. The fraction of sp³-hybridized carbons (Fsp3) is 0.0455. The molecule has 0 amide bonds. The first-order valence-electron chi connectivity index (χ1n) is 15.9. The van der Waals surface area contributed by atoms with Gasteiger partial charge in [-0.15, -0.1) is 0 Å². The molecule has 0 saturated heterocycles. The second-order valence-electron chi connectivity index (χ2n) is 12.0. The monoisotopic (exact) mass is 589 g/mol. The molecule has 1 heterocycles. The topological polar surface area (TPSA) is 16.4 Å². The van der Waals surface area contributed by atoms with Crippen molar-refractivity contribution in [2.45, 2.75) is 12.3 Å². The minimum atomic E-state index is -0.423. The number of anilines is 3. The van der Waals surface area contributed by atoms with Gasteiger partial charge in [0.1, 0.15) is 5.58 Å². The number of hydrogen-bond donors (Lipinski definition) is 0. The lowest BCUT2D eigenvalue weighted by Crippen LogP contribution is -2.26. The molecule has 0 atom stereocenters. The standard InChI is InChI=1S/C44H31NO/c1-3-15-37-31(4-2)36-28-30(26-27-40(36)44(37)38-22-11-8-18-32(38)33-19-9-12-23-39(33)44)45(29-16-6-5-7-17-29)41-24-14-21-35-34-20-10-13-25-42(34)46-43(35)41/h3-28H,2H2,1H3/b15-3-. The molecule has 2 nitrogen and oxygen atoms in total. The molecule has 7 aromatic rings. The maximum absolute atomic E-state index is 6.57. The summed E-state index contributed by atoms with van der Waals surface area (Å²) in [6.45, 7) is 6.48. The van der Waals surface area contributed by atoms with Gasteiger partial charge >= 0.3 is 0 Å². The van der Waals surface area contributed by atoms with Gasteiger partial charge in [-0.25, -0.2) is 0 Å². The highest BCUT2D eigenvalue weighted by Crippen LogP contribution is 2.62. The van der Waals surface area contributed by atoms with Crippen LogP contribution >= 0.6 is 0 Å². The Labute approximate surface area is 268 Å². The third kappa shape index (κ3) is 3.47. The van der Waals surface area contributed by atoms with E-state index in [1.54, 1.807) is 0 Å². The van der Waals surface area contributed by atoms with Crippen LogP contribution in [0.4, 0.5) is 17.1 Å². The maximum atomic E-state index is 6.57. The van der Waals surface area contributed by atoms with E-state index in [2.05, 4.69) is 158 Å². The fourth-order valence-electron chi connectivity index (χ4n) is 8.04. The summed E-state index contributed by atoms with van der Waals surface area (Å²) >= 11 is 0. The highest BCUT2D eigenvalue weighted by atomic mass is 16.3. The Balaban J connectivity index is 1.34. The van der Waals surface area contributed by atoms with E-state index in [1.165, 1.54) is 39.0 Å². The molecule has 0 unspecified atom stereocenters. The Hall–Kier alpha value is -5.86. The van der Waals surface area contributed by atoms with E-state index in [-0.39, 0.29) is 0 Å². The van der Waals surface area contributed by atoms with Crippen LogP contribution in [0.15, 0.2) is 174 Å². The van der Waals surface area contributed by atoms with Gasteiger partial charge in [-0.3, -0.25) is 0 Å². The Morgan fingerprint density at radius 2 is 1.26 bits per heavy atom. The van der Waals surface area contributed by atoms with E-state index >= 15 is 0 Å². The summed E-state index contributed by atoms with van der Waals surface area (Å²) < 4.78 is 6.57. The molecule has 2 aliphatic carbocycles. The van der Waals surface area contributed by atoms with Crippen LogP contribution in [0.5, 0.6) is 0 Å². The molecule has 0 N–H and O–H groups in total. The van der Waals surface area contributed by atoms with Crippen LogP contribution in [0.2, 0.25) is 0 Å². The van der Waals surface area contributed by atoms with E-state index in [1.807, 2.05) is 18.2 Å². The van der Waals surface area contributed by atoms with Gasteiger partial charge in [0.25, 0.3) is 0 Å². The van der Waals surface area contributed by atoms with Crippen LogP contribution in [0, 0.1) is 0 Å². The van der Waals surface area contributed by atoms with Crippen molar-refractivity contribution in [3.05, 3.63) is 192 Å². The number of allylic oxidation sites excluding steroid dienone is 5. The molecule has 9 rings (SSSR count). The molecular weight excluding hydrogens is 558 g/mol. The smallest absolute Gasteiger partial charge is 0.159 e. The van der Waals surface area contributed by atoms with Crippen LogP contribution in [0.3, 0.4) is 0 Å². The lowest BCUT2D eigenvalue weighted by atomic mass is 9.69. The van der Waals surface area contributed by atoms with Crippen LogP contribution < -0.4 is 4.90 Å². The highest BCUT2D eigenvalue weighted by molar-refractivity contribution is 6.10.